The molecule has 1 N–H and O–H groups in total. The summed E-state index contributed by atoms with van der Waals surface area (Å²) >= 11 is 5.97. The first-order chi connectivity index (χ1) is 9.25. The lowest BCUT2D eigenvalue weighted by molar-refractivity contribution is 0.102. The Morgan fingerprint density at radius 3 is 2.95 bits per heavy atom. The summed E-state index contributed by atoms with van der Waals surface area (Å²) in [7, 11) is 0. The Morgan fingerprint density at radius 1 is 1.26 bits per heavy atom. The average molecular weight is 273 g/mol. The molecule has 0 aliphatic carbocycles. The normalized spacial score (nSPS) is 10.6. The highest BCUT2D eigenvalue weighted by Crippen LogP contribution is 2.24. The van der Waals surface area contributed by atoms with Gasteiger partial charge < -0.3 is 9.73 Å². The molecule has 0 radical (unpaired) electrons. The van der Waals surface area contributed by atoms with Crippen molar-refractivity contribution in [1.82, 2.24) is 4.98 Å². The minimum absolute atomic E-state index is 0.278. The van der Waals surface area contributed by atoms with Crippen LogP contribution >= 0.6 is 11.6 Å². The van der Waals surface area contributed by atoms with Crippen LogP contribution in [0.15, 0.2) is 53.4 Å². The largest absolute Gasteiger partial charge is 0.463 e. The van der Waals surface area contributed by atoms with E-state index in [1.54, 1.807) is 12.3 Å². The summed E-state index contributed by atoms with van der Waals surface area (Å²) in [6.07, 6.45) is 4.50. The van der Waals surface area contributed by atoms with Gasteiger partial charge in [0.05, 0.1) is 22.5 Å². The average Bonchev–Trinajstić information content (AvgIpc) is 2.85. The quantitative estimate of drug-likeness (QED) is 0.773. The molecule has 3 rings (SSSR count). The number of nitrogens with one attached hydrogen (secondary N) is 1. The van der Waals surface area contributed by atoms with Gasteiger partial charge in [-0.05, 0) is 12.1 Å². The number of hydrogen-bond donors (Lipinski definition) is 1. The molecular weight excluding hydrogens is 264 g/mol. The number of nitrogens with zero attached hydrogens (tertiary/aromatic N) is 1. The first-order valence-electron chi connectivity index (χ1n) is 5.63. The molecule has 4 nitrogen and oxygen atoms in total. The van der Waals surface area contributed by atoms with Gasteiger partial charge in [0.15, 0.2) is 0 Å². The van der Waals surface area contributed by atoms with E-state index in [-0.39, 0.29) is 5.91 Å². The Balaban J connectivity index is 1.95. The summed E-state index contributed by atoms with van der Waals surface area (Å²) in [5.41, 5.74) is 1.61. The van der Waals surface area contributed by atoms with Gasteiger partial charge in [0, 0.05) is 11.6 Å². The van der Waals surface area contributed by atoms with Crippen LogP contribution in [-0.4, -0.2) is 10.9 Å². The second kappa shape index (κ2) is 4.74. The number of benzene rings is 1. The Morgan fingerprint density at radius 2 is 2.11 bits per heavy atom. The lowest BCUT2D eigenvalue weighted by atomic mass is 10.1. The van der Waals surface area contributed by atoms with Crippen LogP contribution in [0, 0.1) is 0 Å². The van der Waals surface area contributed by atoms with Crippen LogP contribution in [0.25, 0.3) is 11.0 Å². The van der Waals surface area contributed by atoms with Crippen LogP contribution in [0.1, 0.15) is 10.4 Å². The van der Waals surface area contributed by atoms with Crippen molar-refractivity contribution in [3.63, 3.8) is 0 Å². The molecule has 2 heterocycles. The molecule has 0 aliphatic heterocycles. The number of aromatic nitrogens is 1. The third-order valence-corrected chi connectivity index (χ3v) is 3.07. The molecule has 1 amide bonds. The van der Waals surface area contributed by atoms with Crippen LogP contribution in [0.2, 0.25) is 5.02 Å². The van der Waals surface area contributed by atoms with Crippen molar-refractivity contribution in [2.24, 2.45) is 0 Å². The number of rotatable bonds is 2. The van der Waals surface area contributed by atoms with E-state index < -0.39 is 0 Å². The van der Waals surface area contributed by atoms with Crippen LogP contribution in [0.3, 0.4) is 0 Å². The number of anilines is 1. The minimum Gasteiger partial charge on any atom is -0.463 e. The van der Waals surface area contributed by atoms with Crippen molar-refractivity contribution < 1.29 is 9.21 Å². The van der Waals surface area contributed by atoms with Crippen molar-refractivity contribution in [3.8, 4) is 0 Å². The summed E-state index contributed by atoms with van der Waals surface area (Å²) in [6, 6.07) is 8.96. The number of furan rings is 1. The molecule has 5 heteroatoms. The van der Waals surface area contributed by atoms with E-state index in [2.05, 4.69) is 10.3 Å². The van der Waals surface area contributed by atoms with Crippen LogP contribution in [-0.2, 0) is 0 Å². The maximum Gasteiger partial charge on any atom is 0.259 e. The fourth-order valence-electron chi connectivity index (χ4n) is 1.81. The third kappa shape index (κ3) is 2.18. The zero-order chi connectivity index (χ0) is 13.2. The van der Waals surface area contributed by atoms with Gasteiger partial charge >= 0.3 is 0 Å². The van der Waals surface area contributed by atoms with Crippen LogP contribution in [0.4, 0.5) is 5.69 Å². The molecule has 0 bridgehead atoms. The van der Waals surface area contributed by atoms with E-state index in [1.807, 2.05) is 24.3 Å². The molecule has 0 saturated carbocycles. The molecule has 0 atom stereocenters. The summed E-state index contributed by atoms with van der Waals surface area (Å²) in [5.74, 6) is -0.278. The lowest BCUT2D eigenvalue weighted by Gasteiger charge is -2.04. The summed E-state index contributed by atoms with van der Waals surface area (Å²) in [6.45, 7) is 0. The fourth-order valence-corrected chi connectivity index (χ4v) is 1.97. The van der Waals surface area contributed by atoms with Gasteiger partial charge in [-0.2, -0.15) is 0 Å². The second-order valence-corrected chi connectivity index (χ2v) is 4.36. The van der Waals surface area contributed by atoms with Gasteiger partial charge in [0.1, 0.15) is 11.8 Å². The van der Waals surface area contributed by atoms with Gasteiger partial charge in [0.25, 0.3) is 5.91 Å². The van der Waals surface area contributed by atoms with Crippen molar-refractivity contribution >= 4 is 34.2 Å². The molecule has 0 unspecified atom stereocenters. The monoisotopic (exact) mass is 272 g/mol. The smallest absolute Gasteiger partial charge is 0.259 e. The van der Waals surface area contributed by atoms with Crippen molar-refractivity contribution in [3.05, 3.63) is 59.6 Å². The maximum absolute atomic E-state index is 12.2. The number of pyridine rings is 1. The van der Waals surface area contributed by atoms with Crippen molar-refractivity contribution in [1.29, 1.82) is 0 Å². The highest BCUT2D eigenvalue weighted by atomic mass is 35.5. The molecule has 0 saturated heterocycles. The number of para-hydroxylation sites is 1. The summed E-state index contributed by atoms with van der Waals surface area (Å²) in [4.78, 5) is 16.1. The van der Waals surface area contributed by atoms with E-state index in [0.717, 1.165) is 5.39 Å². The maximum atomic E-state index is 12.2. The van der Waals surface area contributed by atoms with Crippen LogP contribution < -0.4 is 5.32 Å². The molecule has 94 valence electrons. The number of amides is 1. The second-order valence-electron chi connectivity index (χ2n) is 3.96. The predicted octanol–water partition coefficient (Wildman–Crippen LogP) is 3.73. The van der Waals surface area contributed by atoms with Gasteiger partial charge in [-0.15, -0.1) is 0 Å². The summed E-state index contributed by atoms with van der Waals surface area (Å²) < 4.78 is 5.33. The first-order valence-corrected chi connectivity index (χ1v) is 6.00. The van der Waals surface area contributed by atoms with Crippen molar-refractivity contribution in [2.45, 2.75) is 0 Å². The van der Waals surface area contributed by atoms with Crippen LogP contribution in [0.5, 0.6) is 0 Å². The molecule has 1 aromatic carbocycles. The van der Waals surface area contributed by atoms with E-state index in [0.29, 0.717) is 21.9 Å². The highest BCUT2D eigenvalue weighted by Gasteiger charge is 2.14. The fraction of sp³-hybridized carbons (Fsp3) is 0. The minimum atomic E-state index is -0.278. The zero-order valence-electron chi connectivity index (χ0n) is 9.76. The number of fused-ring (bicyclic) bond motifs is 1. The molecule has 3 aromatic rings. The van der Waals surface area contributed by atoms with Gasteiger partial charge in [0.2, 0.25) is 0 Å². The number of carbonyl (C=O) groups excluding carboxylic acids is 1. The first kappa shape index (κ1) is 11.7. The Kier molecular flexibility index (Phi) is 2.93. The van der Waals surface area contributed by atoms with Gasteiger partial charge in [-0.3, -0.25) is 9.78 Å². The van der Waals surface area contributed by atoms with E-state index in [4.69, 9.17) is 16.0 Å². The molecule has 0 aliphatic rings. The standard InChI is InChI=1S/C14H9ClN2O2/c15-11-5-6-16-7-12(11)17-14(18)10-8-19-13-4-2-1-3-9(10)13/h1-8H,(H,17,18). The topological polar surface area (TPSA) is 55.1 Å². The molecule has 19 heavy (non-hydrogen) atoms. The van der Waals surface area contributed by atoms with E-state index in [1.165, 1.54) is 12.5 Å². The number of hydrogen-bond acceptors (Lipinski definition) is 3. The number of halogens is 1. The Hall–Kier alpha value is -2.33. The third-order valence-electron chi connectivity index (χ3n) is 2.74. The van der Waals surface area contributed by atoms with E-state index in [9.17, 15) is 4.79 Å². The molecular formula is C14H9ClN2O2. The van der Waals surface area contributed by atoms with Gasteiger partial charge in [-0.25, -0.2) is 0 Å². The molecule has 0 fully saturated rings. The predicted molar refractivity (Wildman–Crippen MR) is 73.4 cm³/mol. The molecule has 2 aromatic heterocycles. The lowest BCUT2D eigenvalue weighted by Crippen LogP contribution is -2.11. The van der Waals surface area contributed by atoms with Crippen molar-refractivity contribution in [2.75, 3.05) is 5.32 Å². The Labute approximate surface area is 114 Å². The zero-order valence-corrected chi connectivity index (χ0v) is 10.5. The highest BCUT2D eigenvalue weighted by molar-refractivity contribution is 6.34. The van der Waals surface area contributed by atoms with Gasteiger partial charge in [-0.1, -0.05) is 29.8 Å². The summed E-state index contributed by atoms with van der Waals surface area (Å²) in [5, 5.41) is 3.92. The SMILES string of the molecule is O=C(Nc1cnccc1Cl)c1coc2ccccc12. The number of carbonyl (C=O) groups is 1. The molecule has 0 spiro atoms. The van der Waals surface area contributed by atoms with E-state index >= 15 is 0 Å². The Bertz CT molecular complexity index is 752.